The number of anilines is 1. The Kier molecular flexibility index (Phi) is 6.21. The van der Waals surface area contributed by atoms with E-state index >= 15 is 0 Å². The van der Waals surface area contributed by atoms with Crippen LogP contribution in [0.15, 0.2) is 12.1 Å². The van der Waals surface area contributed by atoms with E-state index in [1.165, 1.54) is 0 Å². The van der Waals surface area contributed by atoms with E-state index < -0.39 is 44.7 Å². The number of halogens is 3. The first-order valence-corrected chi connectivity index (χ1v) is 8.20. The Morgan fingerprint density at radius 2 is 1.59 bits per heavy atom. The lowest BCUT2D eigenvalue weighted by molar-refractivity contribution is -0.392. The molecule has 1 aromatic rings. The average Bonchev–Trinajstić information content (AvgIpc) is 2.55. The number of alkyl halides is 3. The largest absolute Gasteiger partial charge is 0.416 e. The molecule has 1 heterocycles. The van der Waals surface area contributed by atoms with Crippen LogP contribution in [0.3, 0.4) is 0 Å². The van der Waals surface area contributed by atoms with Gasteiger partial charge in [-0.25, -0.2) is 0 Å². The molecule has 150 valence electrons. The first-order valence-electron chi connectivity index (χ1n) is 8.20. The molecule has 0 aromatic heterocycles. The molecule has 1 N–H and O–H groups in total. The van der Waals surface area contributed by atoms with Crippen LogP contribution >= 0.6 is 0 Å². The molecule has 1 atom stereocenters. The molecule has 0 aliphatic carbocycles. The van der Waals surface area contributed by atoms with E-state index in [1.807, 2.05) is 7.05 Å². The highest BCUT2D eigenvalue weighted by atomic mass is 19.4. The lowest BCUT2D eigenvalue weighted by atomic mass is 10.1. The van der Waals surface area contributed by atoms with E-state index in [-0.39, 0.29) is 0 Å². The summed E-state index contributed by atoms with van der Waals surface area (Å²) in [5.74, 6) is 0. The molecule has 0 radical (unpaired) electrons. The highest BCUT2D eigenvalue weighted by Crippen LogP contribution is 2.41. The SMILES string of the molecule is C[C@H](CN1CCN(C)CC1)Nc1c([N+](=O)[O-])cc(C(F)(F)F)cc1[N+](=O)[O-]. The standard InChI is InChI=1S/C15H20F3N5O4/c1-10(9-21-5-3-20(2)4-6-21)19-14-12(22(24)25)7-11(15(16,17)18)8-13(14)23(26)27/h7-8,10,19H,3-6,9H2,1-2H3/t10-/m1/s1. The number of benzene rings is 1. The molecule has 1 fully saturated rings. The van der Waals surface area contributed by atoms with Gasteiger partial charge in [0.15, 0.2) is 5.69 Å². The predicted octanol–water partition coefficient (Wildman–Crippen LogP) is 2.57. The summed E-state index contributed by atoms with van der Waals surface area (Å²) < 4.78 is 38.8. The number of nitrogens with one attached hydrogen (secondary N) is 1. The van der Waals surface area contributed by atoms with E-state index in [0.717, 1.165) is 26.2 Å². The number of rotatable bonds is 6. The summed E-state index contributed by atoms with van der Waals surface area (Å²) in [6, 6.07) is 0.193. The third-order valence-electron chi connectivity index (χ3n) is 4.34. The number of hydrogen-bond acceptors (Lipinski definition) is 7. The Hall–Kier alpha value is -2.47. The van der Waals surface area contributed by atoms with Gasteiger partial charge in [-0.2, -0.15) is 13.2 Å². The number of likely N-dealkylation sites (N-methyl/N-ethyl adjacent to an activating group) is 1. The summed E-state index contributed by atoms with van der Waals surface area (Å²) in [7, 11) is 1.98. The minimum atomic E-state index is -4.93. The molecule has 0 unspecified atom stereocenters. The Balaban J connectivity index is 2.30. The first kappa shape index (κ1) is 20.8. The van der Waals surface area contributed by atoms with Crippen LogP contribution in [-0.4, -0.2) is 65.5 Å². The Bertz CT molecular complexity index is 685. The molecule has 27 heavy (non-hydrogen) atoms. The smallest absolute Gasteiger partial charge is 0.370 e. The predicted molar refractivity (Wildman–Crippen MR) is 91.8 cm³/mol. The molecular formula is C15H20F3N5O4. The van der Waals surface area contributed by atoms with Crippen LogP contribution < -0.4 is 5.32 Å². The van der Waals surface area contributed by atoms with Gasteiger partial charge in [0.25, 0.3) is 11.4 Å². The van der Waals surface area contributed by atoms with Crippen molar-refractivity contribution < 1.29 is 23.0 Å². The zero-order valence-corrected chi connectivity index (χ0v) is 14.8. The van der Waals surface area contributed by atoms with Crippen LogP contribution in [-0.2, 0) is 6.18 Å². The monoisotopic (exact) mass is 391 g/mol. The number of nitrogens with zero attached hydrogens (tertiary/aromatic N) is 4. The quantitative estimate of drug-likeness (QED) is 0.587. The van der Waals surface area contributed by atoms with Crippen LogP contribution in [0.2, 0.25) is 0 Å². The maximum Gasteiger partial charge on any atom is 0.416 e. The van der Waals surface area contributed by atoms with Crippen molar-refractivity contribution in [1.82, 2.24) is 9.80 Å². The third kappa shape index (κ3) is 5.26. The number of hydrogen-bond donors (Lipinski definition) is 1. The second kappa shape index (κ2) is 8.05. The Labute approximate surface area is 153 Å². The Morgan fingerprint density at radius 3 is 2.00 bits per heavy atom. The van der Waals surface area contributed by atoms with Gasteiger partial charge in [0.05, 0.1) is 15.4 Å². The number of nitro benzene ring substituents is 2. The van der Waals surface area contributed by atoms with E-state index in [2.05, 4.69) is 15.1 Å². The summed E-state index contributed by atoms with van der Waals surface area (Å²) in [6.07, 6.45) is -4.93. The van der Waals surface area contributed by atoms with Crippen molar-refractivity contribution in [1.29, 1.82) is 0 Å². The van der Waals surface area contributed by atoms with Crippen LogP contribution in [0.5, 0.6) is 0 Å². The highest BCUT2D eigenvalue weighted by molar-refractivity contribution is 5.75. The minimum absolute atomic E-state index is 0.317. The molecule has 1 saturated heterocycles. The number of piperazine rings is 1. The second-order valence-corrected chi connectivity index (χ2v) is 6.55. The van der Waals surface area contributed by atoms with Crippen molar-refractivity contribution in [2.45, 2.75) is 19.1 Å². The summed E-state index contributed by atoms with van der Waals surface area (Å²) in [6.45, 7) is 5.33. The minimum Gasteiger partial charge on any atom is -0.370 e. The fourth-order valence-corrected chi connectivity index (χ4v) is 2.92. The van der Waals surface area contributed by atoms with Gasteiger partial charge in [-0.3, -0.25) is 25.1 Å². The lowest BCUT2D eigenvalue weighted by Crippen LogP contribution is -2.47. The highest BCUT2D eigenvalue weighted by Gasteiger charge is 2.38. The molecule has 0 saturated carbocycles. The Morgan fingerprint density at radius 1 is 1.11 bits per heavy atom. The van der Waals surface area contributed by atoms with Crippen LogP contribution in [0.4, 0.5) is 30.2 Å². The van der Waals surface area contributed by atoms with Crippen molar-refractivity contribution in [3.05, 3.63) is 37.9 Å². The van der Waals surface area contributed by atoms with E-state index in [0.29, 0.717) is 18.7 Å². The summed E-state index contributed by atoms with van der Waals surface area (Å²) in [5, 5.41) is 25.2. The van der Waals surface area contributed by atoms with E-state index in [4.69, 9.17) is 0 Å². The molecule has 1 aliphatic rings. The average molecular weight is 391 g/mol. The van der Waals surface area contributed by atoms with Crippen LogP contribution in [0, 0.1) is 20.2 Å². The molecule has 0 amide bonds. The zero-order chi connectivity index (χ0) is 20.4. The van der Waals surface area contributed by atoms with Crippen molar-refractivity contribution in [2.24, 2.45) is 0 Å². The molecule has 1 aliphatic heterocycles. The van der Waals surface area contributed by atoms with Gasteiger partial charge in [0.2, 0.25) is 0 Å². The van der Waals surface area contributed by atoms with E-state index in [9.17, 15) is 33.4 Å². The van der Waals surface area contributed by atoms with Crippen LogP contribution in [0.1, 0.15) is 12.5 Å². The molecule has 0 spiro atoms. The van der Waals surface area contributed by atoms with Crippen molar-refractivity contribution >= 4 is 17.1 Å². The van der Waals surface area contributed by atoms with Gasteiger partial charge >= 0.3 is 6.18 Å². The van der Waals surface area contributed by atoms with Crippen molar-refractivity contribution in [3.8, 4) is 0 Å². The van der Waals surface area contributed by atoms with Gasteiger partial charge in [0, 0.05) is 50.9 Å². The number of nitro groups is 2. The molecule has 2 rings (SSSR count). The van der Waals surface area contributed by atoms with Gasteiger partial charge in [-0.1, -0.05) is 0 Å². The first-order chi connectivity index (χ1) is 12.5. The van der Waals surface area contributed by atoms with Gasteiger partial charge in [-0.15, -0.1) is 0 Å². The molecule has 0 bridgehead atoms. The third-order valence-corrected chi connectivity index (χ3v) is 4.34. The maximum atomic E-state index is 12.9. The molecule has 12 heteroatoms. The van der Waals surface area contributed by atoms with E-state index in [1.54, 1.807) is 6.92 Å². The summed E-state index contributed by atoms with van der Waals surface area (Å²) in [5.41, 5.74) is -3.89. The fourth-order valence-electron chi connectivity index (χ4n) is 2.92. The fraction of sp³-hybridized carbons (Fsp3) is 0.600. The van der Waals surface area contributed by atoms with Crippen molar-refractivity contribution in [3.63, 3.8) is 0 Å². The summed E-state index contributed by atoms with van der Waals surface area (Å²) >= 11 is 0. The lowest BCUT2D eigenvalue weighted by Gasteiger charge is -2.34. The van der Waals surface area contributed by atoms with Gasteiger partial charge in [0.1, 0.15) is 0 Å². The second-order valence-electron chi connectivity index (χ2n) is 6.55. The van der Waals surface area contributed by atoms with Gasteiger partial charge < -0.3 is 10.2 Å². The topological polar surface area (TPSA) is 105 Å². The van der Waals surface area contributed by atoms with Gasteiger partial charge in [-0.05, 0) is 14.0 Å². The normalized spacial score (nSPS) is 17.5. The van der Waals surface area contributed by atoms with Crippen LogP contribution in [0.25, 0.3) is 0 Å². The molecule has 9 nitrogen and oxygen atoms in total. The van der Waals surface area contributed by atoms with Crippen molar-refractivity contribution in [2.75, 3.05) is 45.1 Å². The maximum absolute atomic E-state index is 12.9. The molecular weight excluding hydrogens is 371 g/mol. The summed E-state index contributed by atoms with van der Waals surface area (Å²) in [4.78, 5) is 24.6. The molecule has 1 aromatic carbocycles. The zero-order valence-electron chi connectivity index (χ0n) is 14.8.